The Morgan fingerprint density at radius 3 is 2.56 bits per heavy atom. The number of carboxylic acid groups (broad SMARTS) is 1. The van der Waals surface area contributed by atoms with E-state index in [0.29, 0.717) is 18.0 Å². The summed E-state index contributed by atoms with van der Waals surface area (Å²) < 4.78 is 0. The molecule has 0 spiro atoms. The third kappa shape index (κ3) is 5.12. The van der Waals surface area contributed by atoms with Crippen LogP contribution in [0.2, 0.25) is 5.02 Å². The van der Waals surface area contributed by atoms with Gasteiger partial charge in [-0.2, -0.15) is 0 Å². The van der Waals surface area contributed by atoms with Crippen LogP contribution in [0.4, 0.5) is 0 Å². The highest BCUT2D eigenvalue weighted by atomic mass is 35.5. The van der Waals surface area contributed by atoms with E-state index in [1.807, 2.05) is 35.2 Å². The fourth-order valence-electron chi connectivity index (χ4n) is 4.44. The Hall–Kier alpha value is -2.88. The van der Waals surface area contributed by atoms with Crippen LogP contribution in [0.5, 0.6) is 0 Å². The molecule has 1 fully saturated rings. The van der Waals surface area contributed by atoms with Crippen molar-refractivity contribution in [2.24, 2.45) is 0 Å². The van der Waals surface area contributed by atoms with Crippen LogP contribution in [0.15, 0.2) is 66.7 Å². The number of carboxylic acids is 1. The average molecular weight is 446 g/mol. The van der Waals surface area contributed by atoms with Gasteiger partial charge in [0.25, 0.3) is 0 Å². The molecule has 0 amide bonds. The smallest absolute Gasteiger partial charge is 0.320 e. The number of hydrogen-bond acceptors (Lipinski definition) is 2. The van der Waals surface area contributed by atoms with Gasteiger partial charge >= 0.3 is 5.97 Å². The SMILES string of the molecule is Cc1c(C=Cc2ccc(CN3CCCCC3C(=O)O)cc2Cl)cccc1-c1ccccc1. The molecule has 1 atom stereocenters. The average Bonchev–Trinajstić information content (AvgIpc) is 2.80. The van der Waals surface area contributed by atoms with Crippen LogP contribution < -0.4 is 0 Å². The first kappa shape index (κ1) is 22.3. The van der Waals surface area contributed by atoms with Crippen LogP contribution >= 0.6 is 11.6 Å². The molecule has 164 valence electrons. The molecule has 32 heavy (non-hydrogen) atoms. The predicted octanol–water partition coefficient (Wildman–Crippen LogP) is 6.92. The zero-order valence-electron chi connectivity index (χ0n) is 18.3. The van der Waals surface area contributed by atoms with E-state index in [9.17, 15) is 9.90 Å². The third-order valence-electron chi connectivity index (χ3n) is 6.25. The van der Waals surface area contributed by atoms with Crippen molar-refractivity contribution in [1.29, 1.82) is 0 Å². The van der Waals surface area contributed by atoms with E-state index >= 15 is 0 Å². The van der Waals surface area contributed by atoms with Crippen molar-refractivity contribution in [2.75, 3.05) is 6.54 Å². The minimum atomic E-state index is -0.733. The van der Waals surface area contributed by atoms with Crippen molar-refractivity contribution in [1.82, 2.24) is 4.90 Å². The van der Waals surface area contributed by atoms with E-state index < -0.39 is 12.0 Å². The lowest BCUT2D eigenvalue weighted by Gasteiger charge is -2.32. The van der Waals surface area contributed by atoms with Gasteiger partial charge in [-0.15, -0.1) is 0 Å². The first-order valence-corrected chi connectivity index (χ1v) is 11.5. The molecule has 4 heteroatoms. The third-order valence-corrected chi connectivity index (χ3v) is 6.58. The molecule has 0 saturated carbocycles. The number of nitrogens with zero attached hydrogens (tertiary/aromatic N) is 1. The van der Waals surface area contributed by atoms with Gasteiger partial charge in [-0.05, 0) is 65.8 Å². The first-order valence-electron chi connectivity index (χ1n) is 11.1. The summed E-state index contributed by atoms with van der Waals surface area (Å²) in [5, 5.41) is 10.2. The summed E-state index contributed by atoms with van der Waals surface area (Å²) in [7, 11) is 0. The Balaban J connectivity index is 1.51. The largest absolute Gasteiger partial charge is 0.480 e. The number of halogens is 1. The topological polar surface area (TPSA) is 40.5 Å². The molecule has 3 aromatic rings. The Kier molecular flexibility index (Phi) is 7.09. The van der Waals surface area contributed by atoms with Gasteiger partial charge in [-0.3, -0.25) is 9.69 Å². The van der Waals surface area contributed by atoms with Gasteiger partial charge in [0.15, 0.2) is 0 Å². The van der Waals surface area contributed by atoms with Crippen LogP contribution in [0, 0.1) is 6.92 Å². The predicted molar refractivity (Wildman–Crippen MR) is 133 cm³/mol. The van der Waals surface area contributed by atoms with Crippen LogP contribution in [-0.4, -0.2) is 28.6 Å². The molecule has 3 nitrogen and oxygen atoms in total. The number of carbonyl (C=O) groups is 1. The molecule has 1 heterocycles. The Morgan fingerprint density at radius 1 is 1.03 bits per heavy atom. The number of likely N-dealkylation sites (tertiary alicyclic amines) is 1. The van der Waals surface area contributed by atoms with Gasteiger partial charge in [-0.1, -0.05) is 90.8 Å². The van der Waals surface area contributed by atoms with E-state index in [1.165, 1.54) is 16.7 Å². The van der Waals surface area contributed by atoms with Crippen molar-refractivity contribution < 1.29 is 9.90 Å². The maximum absolute atomic E-state index is 11.6. The number of benzene rings is 3. The molecule has 0 aliphatic carbocycles. The highest BCUT2D eigenvalue weighted by Crippen LogP contribution is 2.28. The van der Waals surface area contributed by atoms with Gasteiger partial charge in [0, 0.05) is 11.6 Å². The molecule has 0 radical (unpaired) electrons. The van der Waals surface area contributed by atoms with E-state index in [-0.39, 0.29) is 0 Å². The molecule has 3 aromatic carbocycles. The van der Waals surface area contributed by atoms with Gasteiger partial charge < -0.3 is 5.11 Å². The number of aliphatic carboxylic acids is 1. The second-order valence-electron chi connectivity index (χ2n) is 8.40. The molecule has 1 aliphatic heterocycles. The van der Waals surface area contributed by atoms with Gasteiger partial charge in [-0.25, -0.2) is 0 Å². The Bertz CT molecular complexity index is 1120. The summed E-state index contributed by atoms with van der Waals surface area (Å²) in [6.07, 6.45) is 6.88. The summed E-state index contributed by atoms with van der Waals surface area (Å²) in [4.78, 5) is 13.6. The summed E-state index contributed by atoms with van der Waals surface area (Å²) in [5.41, 5.74) is 6.82. The van der Waals surface area contributed by atoms with E-state index in [4.69, 9.17) is 11.6 Å². The molecule has 4 rings (SSSR count). The number of piperidine rings is 1. The molecular weight excluding hydrogens is 418 g/mol. The zero-order chi connectivity index (χ0) is 22.5. The van der Waals surface area contributed by atoms with Crippen molar-refractivity contribution in [3.63, 3.8) is 0 Å². The summed E-state index contributed by atoms with van der Waals surface area (Å²) >= 11 is 6.59. The summed E-state index contributed by atoms with van der Waals surface area (Å²) in [6.45, 7) is 3.57. The number of rotatable bonds is 6. The minimum absolute atomic E-state index is 0.401. The molecule has 1 unspecified atom stereocenters. The lowest BCUT2D eigenvalue weighted by molar-refractivity contribution is -0.144. The maximum atomic E-state index is 11.6. The van der Waals surface area contributed by atoms with Crippen molar-refractivity contribution in [3.8, 4) is 11.1 Å². The molecule has 0 aromatic heterocycles. The highest BCUT2D eigenvalue weighted by Gasteiger charge is 2.28. The van der Waals surface area contributed by atoms with Crippen molar-refractivity contribution in [2.45, 2.75) is 38.8 Å². The van der Waals surface area contributed by atoms with Gasteiger partial charge in [0.2, 0.25) is 0 Å². The highest BCUT2D eigenvalue weighted by molar-refractivity contribution is 6.32. The minimum Gasteiger partial charge on any atom is -0.480 e. The second-order valence-corrected chi connectivity index (χ2v) is 8.80. The molecule has 1 aliphatic rings. The van der Waals surface area contributed by atoms with E-state index in [1.54, 1.807) is 0 Å². The first-order chi connectivity index (χ1) is 15.5. The van der Waals surface area contributed by atoms with Gasteiger partial charge in [0.05, 0.1) is 0 Å². The standard InChI is InChI=1S/C28H28ClNO2/c1-20-22(10-7-11-25(20)23-8-3-2-4-9-23)15-16-24-14-13-21(18-26(24)29)19-30-17-6-5-12-27(30)28(31)32/h2-4,7-11,13-16,18,27H,5-6,12,17,19H2,1H3,(H,31,32). The van der Waals surface area contributed by atoms with Crippen LogP contribution in [-0.2, 0) is 11.3 Å². The summed E-state index contributed by atoms with van der Waals surface area (Å²) in [6, 6.07) is 22.4. The lowest BCUT2D eigenvalue weighted by atomic mass is 9.96. The Labute approximate surface area is 195 Å². The summed E-state index contributed by atoms with van der Waals surface area (Å²) in [5.74, 6) is -0.733. The van der Waals surface area contributed by atoms with Crippen LogP contribution in [0.1, 0.15) is 41.5 Å². The number of hydrogen-bond donors (Lipinski definition) is 1. The fraction of sp³-hybridized carbons (Fsp3) is 0.250. The fourth-order valence-corrected chi connectivity index (χ4v) is 4.71. The molecule has 1 N–H and O–H groups in total. The lowest BCUT2D eigenvalue weighted by Crippen LogP contribution is -2.43. The Morgan fingerprint density at radius 2 is 1.81 bits per heavy atom. The van der Waals surface area contributed by atoms with E-state index in [2.05, 4.69) is 55.5 Å². The zero-order valence-corrected chi connectivity index (χ0v) is 19.1. The normalized spacial score (nSPS) is 17.0. The maximum Gasteiger partial charge on any atom is 0.320 e. The van der Waals surface area contributed by atoms with E-state index in [0.717, 1.165) is 36.1 Å². The molecular formula is C28H28ClNO2. The van der Waals surface area contributed by atoms with Crippen LogP contribution in [0.3, 0.4) is 0 Å². The van der Waals surface area contributed by atoms with Crippen molar-refractivity contribution >= 4 is 29.7 Å². The second kappa shape index (κ2) is 10.2. The monoisotopic (exact) mass is 445 g/mol. The van der Waals surface area contributed by atoms with Crippen molar-refractivity contribution in [3.05, 3.63) is 94.0 Å². The molecule has 1 saturated heterocycles. The van der Waals surface area contributed by atoms with Gasteiger partial charge in [0.1, 0.15) is 6.04 Å². The quantitative estimate of drug-likeness (QED) is 0.418. The molecule has 0 bridgehead atoms. The van der Waals surface area contributed by atoms with Crippen LogP contribution in [0.25, 0.3) is 23.3 Å².